The van der Waals surface area contributed by atoms with Gasteiger partial charge in [-0.15, -0.1) is 0 Å². The predicted molar refractivity (Wildman–Crippen MR) is 77.1 cm³/mol. The summed E-state index contributed by atoms with van der Waals surface area (Å²) in [5.74, 6) is 0. The van der Waals surface area contributed by atoms with E-state index in [0.29, 0.717) is 0 Å². The number of nitrogens with two attached hydrogens (primary N) is 1. The molecule has 3 rings (SSSR count). The van der Waals surface area contributed by atoms with Crippen LogP contribution in [0.5, 0.6) is 0 Å². The predicted octanol–water partition coefficient (Wildman–Crippen LogP) is 3.60. The summed E-state index contributed by atoms with van der Waals surface area (Å²) in [6.07, 6.45) is 6.96. The van der Waals surface area contributed by atoms with Crippen LogP contribution in [0, 0.1) is 0 Å². The van der Waals surface area contributed by atoms with Gasteiger partial charge in [0, 0.05) is 30.6 Å². The fourth-order valence-corrected chi connectivity index (χ4v) is 3.78. The molecule has 1 heterocycles. The SMILES string of the molecule is Cn1cc(Cl)c2cccc(C3(CN)CCCC3)c21. The van der Waals surface area contributed by atoms with Gasteiger partial charge in [-0.1, -0.05) is 42.6 Å². The van der Waals surface area contributed by atoms with E-state index in [1.54, 1.807) is 0 Å². The zero-order chi connectivity index (χ0) is 12.8. The summed E-state index contributed by atoms with van der Waals surface area (Å²) in [6.45, 7) is 0.731. The third-order valence-electron chi connectivity index (χ3n) is 4.48. The molecule has 96 valence electrons. The Bertz CT molecular complexity index is 579. The standard InChI is InChI=1S/C15H19ClN2/c1-18-9-13(16)11-5-4-6-12(14(11)18)15(10-17)7-2-3-8-15/h4-6,9H,2-3,7-8,10,17H2,1H3. The molecule has 1 aliphatic carbocycles. The summed E-state index contributed by atoms with van der Waals surface area (Å²) < 4.78 is 2.14. The van der Waals surface area contributed by atoms with Crippen LogP contribution in [-0.4, -0.2) is 11.1 Å². The molecule has 2 aromatic rings. The molecule has 0 aliphatic heterocycles. The molecule has 0 unspecified atom stereocenters. The molecule has 0 radical (unpaired) electrons. The van der Waals surface area contributed by atoms with Crippen molar-refractivity contribution in [2.45, 2.75) is 31.1 Å². The van der Waals surface area contributed by atoms with Crippen molar-refractivity contribution in [3.05, 3.63) is 35.0 Å². The van der Waals surface area contributed by atoms with Crippen molar-refractivity contribution >= 4 is 22.5 Å². The average Bonchev–Trinajstić information content (AvgIpc) is 2.97. The minimum absolute atomic E-state index is 0.162. The Morgan fingerprint density at radius 2 is 2.06 bits per heavy atom. The smallest absolute Gasteiger partial charge is 0.0661 e. The quantitative estimate of drug-likeness (QED) is 0.881. The van der Waals surface area contributed by atoms with E-state index in [1.807, 2.05) is 6.20 Å². The highest BCUT2D eigenvalue weighted by Crippen LogP contribution is 2.43. The third-order valence-corrected chi connectivity index (χ3v) is 4.78. The number of aryl methyl sites for hydroxylation is 1. The summed E-state index contributed by atoms with van der Waals surface area (Å²) in [5, 5.41) is 1.98. The third kappa shape index (κ3) is 1.59. The van der Waals surface area contributed by atoms with Gasteiger partial charge in [-0.05, 0) is 18.4 Å². The molecule has 0 amide bonds. The van der Waals surface area contributed by atoms with Crippen LogP contribution in [0.15, 0.2) is 24.4 Å². The van der Waals surface area contributed by atoms with Crippen LogP contribution in [0.2, 0.25) is 5.02 Å². The second kappa shape index (κ2) is 4.29. The lowest BCUT2D eigenvalue weighted by atomic mass is 9.78. The molecule has 2 nitrogen and oxygen atoms in total. The highest BCUT2D eigenvalue weighted by Gasteiger charge is 2.36. The van der Waals surface area contributed by atoms with Crippen molar-refractivity contribution in [3.8, 4) is 0 Å². The van der Waals surface area contributed by atoms with Crippen molar-refractivity contribution in [2.24, 2.45) is 12.8 Å². The van der Waals surface area contributed by atoms with E-state index < -0.39 is 0 Å². The number of benzene rings is 1. The van der Waals surface area contributed by atoms with Crippen molar-refractivity contribution < 1.29 is 0 Å². The summed E-state index contributed by atoms with van der Waals surface area (Å²) >= 11 is 6.29. The molecule has 0 bridgehead atoms. The normalized spacial score (nSPS) is 18.6. The first-order chi connectivity index (χ1) is 8.68. The maximum Gasteiger partial charge on any atom is 0.0661 e. The fraction of sp³-hybridized carbons (Fsp3) is 0.467. The van der Waals surface area contributed by atoms with Crippen LogP contribution in [0.25, 0.3) is 10.9 Å². The van der Waals surface area contributed by atoms with Gasteiger partial charge < -0.3 is 10.3 Å². The zero-order valence-electron chi connectivity index (χ0n) is 10.7. The summed E-state index contributed by atoms with van der Waals surface area (Å²) in [6, 6.07) is 6.44. The molecular formula is C15H19ClN2. The number of halogens is 1. The number of fused-ring (bicyclic) bond motifs is 1. The number of rotatable bonds is 2. The van der Waals surface area contributed by atoms with Gasteiger partial charge in [0.2, 0.25) is 0 Å². The monoisotopic (exact) mass is 262 g/mol. The second-order valence-electron chi connectivity index (χ2n) is 5.48. The lowest BCUT2D eigenvalue weighted by molar-refractivity contribution is 0.455. The zero-order valence-corrected chi connectivity index (χ0v) is 11.5. The number of aromatic nitrogens is 1. The maximum atomic E-state index is 6.29. The van der Waals surface area contributed by atoms with Gasteiger partial charge in [0.1, 0.15) is 0 Å². The Balaban J connectivity index is 2.28. The highest BCUT2D eigenvalue weighted by atomic mass is 35.5. The lowest BCUT2D eigenvalue weighted by Crippen LogP contribution is -2.32. The van der Waals surface area contributed by atoms with Gasteiger partial charge in [0.25, 0.3) is 0 Å². The second-order valence-corrected chi connectivity index (χ2v) is 5.89. The van der Waals surface area contributed by atoms with E-state index in [1.165, 1.54) is 36.8 Å². The summed E-state index contributed by atoms with van der Waals surface area (Å²) in [4.78, 5) is 0. The molecule has 1 fully saturated rings. The van der Waals surface area contributed by atoms with Crippen molar-refractivity contribution in [2.75, 3.05) is 6.54 Å². The van der Waals surface area contributed by atoms with Crippen molar-refractivity contribution in [3.63, 3.8) is 0 Å². The van der Waals surface area contributed by atoms with E-state index in [4.69, 9.17) is 17.3 Å². The van der Waals surface area contributed by atoms with Crippen LogP contribution >= 0.6 is 11.6 Å². The molecule has 1 aliphatic rings. The van der Waals surface area contributed by atoms with Gasteiger partial charge >= 0.3 is 0 Å². The summed E-state index contributed by atoms with van der Waals surface area (Å²) in [5.41, 5.74) is 8.91. The van der Waals surface area contributed by atoms with Gasteiger partial charge in [0.15, 0.2) is 0 Å². The minimum atomic E-state index is 0.162. The highest BCUT2D eigenvalue weighted by molar-refractivity contribution is 6.35. The van der Waals surface area contributed by atoms with Crippen LogP contribution in [0.3, 0.4) is 0 Å². The number of nitrogens with zero attached hydrogens (tertiary/aromatic N) is 1. The van der Waals surface area contributed by atoms with Crippen molar-refractivity contribution in [1.29, 1.82) is 0 Å². The Labute approximate surface area is 113 Å². The molecule has 0 atom stereocenters. The number of hydrogen-bond donors (Lipinski definition) is 1. The maximum absolute atomic E-state index is 6.29. The van der Waals surface area contributed by atoms with Crippen LogP contribution in [0.4, 0.5) is 0 Å². The molecular weight excluding hydrogens is 244 g/mol. The molecule has 1 saturated carbocycles. The number of para-hydroxylation sites is 1. The Hall–Kier alpha value is -0.990. The van der Waals surface area contributed by atoms with Crippen LogP contribution in [0.1, 0.15) is 31.2 Å². The van der Waals surface area contributed by atoms with Crippen molar-refractivity contribution in [1.82, 2.24) is 4.57 Å². The Kier molecular flexibility index (Phi) is 2.87. The Morgan fingerprint density at radius 3 is 2.72 bits per heavy atom. The number of hydrogen-bond acceptors (Lipinski definition) is 1. The van der Waals surface area contributed by atoms with Crippen LogP contribution < -0.4 is 5.73 Å². The molecule has 18 heavy (non-hydrogen) atoms. The van der Waals surface area contributed by atoms with Crippen LogP contribution in [-0.2, 0) is 12.5 Å². The first-order valence-corrected chi connectivity index (χ1v) is 7.00. The van der Waals surface area contributed by atoms with E-state index in [0.717, 1.165) is 17.0 Å². The lowest BCUT2D eigenvalue weighted by Gasteiger charge is -2.29. The van der Waals surface area contributed by atoms with E-state index in [-0.39, 0.29) is 5.41 Å². The molecule has 2 N–H and O–H groups in total. The topological polar surface area (TPSA) is 30.9 Å². The average molecular weight is 263 g/mol. The summed E-state index contributed by atoms with van der Waals surface area (Å²) in [7, 11) is 2.07. The molecule has 1 aromatic carbocycles. The molecule has 0 saturated heterocycles. The fourth-order valence-electron chi connectivity index (χ4n) is 3.48. The van der Waals surface area contributed by atoms with E-state index in [2.05, 4.69) is 29.8 Å². The van der Waals surface area contributed by atoms with E-state index in [9.17, 15) is 0 Å². The first-order valence-electron chi connectivity index (χ1n) is 6.62. The molecule has 0 spiro atoms. The van der Waals surface area contributed by atoms with Gasteiger partial charge in [-0.25, -0.2) is 0 Å². The first kappa shape index (κ1) is 12.1. The molecule has 3 heteroatoms. The minimum Gasteiger partial charge on any atom is -0.349 e. The Morgan fingerprint density at radius 1 is 1.33 bits per heavy atom. The van der Waals surface area contributed by atoms with Gasteiger partial charge in [0.05, 0.1) is 10.5 Å². The van der Waals surface area contributed by atoms with Gasteiger partial charge in [-0.3, -0.25) is 0 Å². The largest absolute Gasteiger partial charge is 0.349 e. The molecule has 1 aromatic heterocycles. The van der Waals surface area contributed by atoms with Gasteiger partial charge in [-0.2, -0.15) is 0 Å². The van der Waals surface area contributed by atoms with E-state index >= 15 is 0 Å².